The lowest BCUT2D eigenvalue weighted by molar-refractivity contribution is 0.0934. The number of amides is 1. The number of benzene rings is 2. The first-order chi connectivity index (χ1) is 14.6. The molecule has 0 aliphatic carbocycles. The Morgan fingerprint density at radius 1 is 1.07 bits per heavy atom. The van der Waals surface area contributed by atoms with Gasteiger partial charge in [-0.05, 0) is 35.2 Å². The summed E-state index contributed by atoms with van der Waals surface area (Å²) in [5, 5.41) is 7.73. The molecule has 1 atom stereocenters. The third-order valence-electron chi connectivity index (χ3n) is 5.91. The highest BCUT2D eigenvalue weighted by atomic mass is 32.1. The molecule has 2 aliphatic heterocycles. The van der Waals surface area contributed by atoms with Gasteiger partial charge < -0.3 is 15.5 Å². The van der Waals surface area contributed by atoms with Crippen LogP contribution in [0.4, 0.5) is 10.7 Å². The second-order valence-corrected chi connectivity index (χ2v) is 9.30. The Hall–Kier alpha value is -2.83. The minimum atomic E-state index is -0.193. The van der Waals surface area contributed by atoms with E-state index in [1.807, 2.05) is 14.1 Å². The highest BCUT2D eigenvalue weighted by Crippen LogP contribution is 2.41. The predicted molar refractivity (Wildman–Crippen MR) is 123 cm³/mol. The predicted octanol–water partition coefficient (Wildman–Crippen LogP) is 4.23. The first-order valence-electron chi connectivity index (χ1n) is 10.3. The lowest BCUT2D eigenvalue weighted by Crippen LogP contribution is -2.38. The molecule has 6 heteroatoms. The molecule has 154 valence electrons. The summed E-state index contributed by atoms with van der Waals surface area (Å²) in [6, 6.07) is 18.9. The van der Waals surface area contributed by atoms with Crippen molar-refractivity contribution in [3.8, 4) is 0 Å². The molecule has 0 saturated heterocycles. The van der Waals surface area contributed by atoms with Crippen LogP contribution in [0.1, 0.15) is 38.1 Å². The van der Waals surface area contributed by atoms with E-state index < -0.39 is 0 Å². The standard InChI is InChI=1S/C24H26N4OS/c1-27(2)18-10-8-17(9-11-18)22-25-23(29)21-19-12-13-28(14-16-6-4-3-5-7-16)15-20(19)30-24(21)26-22/h3-11,22,26H,12-15H2,1-2H3,(H,25,29). The minimum Gasteiger partial charge on any atom is -0.378 e. The molecule has 1 unspecified atom stereocenters. The van der Waals surface area contributed by atoms with Gasteiger partial charge in [-0.2, -0.15) is 0 Å². The number of rotatable bonds is 4. The van der Waals surface area contributed by atoms with Crippen molar-refractivity contribution in [3.05, 3.63) is 81.7 Å². The Kier molecular flexibility index (Phi) is 4.97. The summed E-state index contributed by atoms with van der Waals surface area (Å²) in [5.41, 5.74) is 5.63. The number of nitrogens with zero attached hydrogens (tertiary/aromatic N) is 2. The van der Waals surface area contributed by atoms with Gasteiger partial charge in [0.1, 0.15) is 11.2 Å². The highest BCUT2D eigenvalue weighted by Gasteiger charge is 2.33. The van der Waals surface area contributed by atoms with Crippen LogP contribution in [0.15, 0.2) is 54.6 Å². The maximum absolute atomic E-state index is 13.0. The van der Waals surface area contributed by atoms with Gasteiger partial charge in [0.2, 0.25) is 0 Å². The Labute approximate surface area is 181 Å². The lowest BCUT2D eigenvalue weighted by atomic mass is 10.00. The monoisotopic (exact) mass is 418 g/mol. The van der Waals surface area contributed by atoms with Crippen molar-refractivity contribution in [2.45, 2.75) is 25.7 Å². The molecule has 5 rings (SSSR count). The first kappa shape index (κ1) is 19.2. The van der Waals surface area contributed by atoms with Crippen molar-refractivity contribution in [2.75, 3.05) is 30.9 Å². The van der Waals surface area contributed by atoms with E-state index in [1.54, 1.807) is 11.3 Å². The normalized spacial score (nSPS) is 18.2. The number of carbonyl (C=O) groups excluding carboxylic acids is 1. The van der Waals surface area contributed by atoms with Crippen LogP contribution in [0, 0.1) is 0 Å². The highest BCUT2D eigenvalue weighted by molar-refractivity contribution is 7.16. The summed E-state index contributed by atoms with van der Waals surface area (Å²) in [6.07, 6.45) is 0.729. The average molecular weight is 419 g/mol. The summed E-state index contributed by atoms with van der Waals surface area (Å²) >= 11 is 1.74. The number of nitrogens with one attached hydrogen (secondary N) is 2. The van der Waals surface area contributed by atoms with Crippen LogP contribution in [-0.4, -0.2) is 31.4 Å². The number of anilines is 2. The molecular weight excluding hydrogens is 392 g/mol. The molecule has 3 heterocycles. The second kappa shape index (κ2) is 7.78. The second-order valence-electron chi connectivity index (χ2n) is 8.19. The van der Waals surface area contributed by atoms with E-state index in [0.717, 1.165) is 47.9 Å². The van der Waals surface area contributed by atoms with Crippen LogP contribution in [0.5, 0.6) is 0 Å². The summed E-state index contributed by atoms with van der Waals surface area (Å²) < 4.78 is 0. The Morgan fingerprint density at radius 2 is 1.83 bits per heavy atom. The zero-order valence-corrected chi connectivity index (χ0v) is 18.1. The molecule has 5 nitrogen and oxygen atoms in total. The Balaban J connectivity index is 1.35. The quantitative estimate of drug-likeness (QED) is 0.666. The largest absolute Gasteiger partial charge is 0.378 e. The molecule has 30 heavy (non-hydrogen) atoms. The molecule has 2 N–H and O–H groups in total. The number of carbonyl (C=O) groups is 1. The fourth-order valence-electron chi connectivity index (χ4n) is 4.28. The van der Waals surface area contributed by atoms with E-state index in [-0.39, 0.29) is 12.1 Å². The van der Waals surface area contributed by atoms with Crippen LogP contribution in [0.2, 0.25) is 0 Å². The van der Waals surface area contributed by atoms with E-state index >= 15 is 0 Å². The van der Waals surface area contributed by atoms with Crippen LogP contribution >= 0.6 is 11.3 Å². The molecular formula is C24H26N4OS. The summed E-state index contributed by atoms with van der Waals surface area (Å²) in [4.78, 5) is 18.8. The van der Waals surface area contributed by atoms with Gasteiger partial charge in [0.25, 0.3) is 5.91 Å². The molecule has 0 spiro atoms. The summed E-state index contributed by atoms with van der Waals surface area (Å²) in [6.45, 7) is 2.83. The van der Waals surface area contributed by atoms with E-state index in [9.17, 15) is 4.79 Å². The topological polar surface area (TPSA) is 47.6 Å². The van der Waals surface area contributed by atoms with Gasteiger partial charge in [0.05, 0.1) is 5.56 Å². The molecule has 0 fully saturated rings. The van der Waals surface area contributed by atoms with E-state index in [2.05, 4.69) is 75.0 Å². The number of hydrogen-bond donors (Lipinski definition) is 2. The fraction of sp³-hybridized carbons (Fsp3) is 0.292. The number of hydrogen-bond acceptors (Lipinski definition) is 5. The van der Waals surface area contributed by atoms with E-state index in [1.165, 1.54) is 16.0 Å². The molecule has 1 amide bonds. The third-order valence-corrected chi connectivity index (χ3v) is 7.05. The zero-order valence-electron chi connectivity index (χ0n) is 17.3. The van der Waals surface area contributed by atoms with Crippen LogP contribution in [0.3, 0.4) is 0 Å². The molecule has 2 aliphatic rings. The van der Waals surface area contributed by atoms with Gasteiger partial charge in [-0.3, -0.25) is 9.69 Å². The van der Waals surface area contributed by atoms with Crippen molar-refractivity contribution >= 4 is 27.9 Å². The van der Waals surface area contributed by atoms with Gasteiger partial charge in [-0.25, -0.2) is 0 Å². The summed E-state index contributed by atoms with van der Waals surface area (Å²) in [5.74, 6) is 0.0412. The van der Waals surface area contributed by atoms with Gasteiger partial charge >= 0.3 is 0 Å². The SMILES string of the molecule is CN(C)c1ccc(C2NC(=O)c3c(sc4c3CCN(Cc3ccccc3)C4)N2)cc1. The smallest absolute Gasteiger partial charge is 0.256 e. The van der Waals surface area contributed by atoms with Crippen molar-refractivity contribution in [1.82, 2.24) is 10.2 Å². The molecule has 2 aromatic carbocycles. The number of fused-ring (bicyclic) bond motifs is 3. The maximum atomic E-state index is 13.0. The minimum absolute atomic E-state index is 0.0412. The molecule has 0 saturated carbocycles. The third kappa shape index (κ3) is 3.57. The van der Waals surface area contributed by atoms with Gasteiger partial charge in [0, 0.05) is 44.3 Å². The van der Waals surface area contributed by atoms with Crippen LogP contribution < -0.4 is 15.5 Å². The van der Waals surface area contributed by atoms with E-state index in [0.29, 0.717) is 0 Å². The Bertz CT molecular complexity index is 1060. The van der Waals surface area contributed by atoms with E-state index in [4.69, 9.17) is 0 Å². The van der Waals surface area contributed by atoms with Crippen molar-refractivity contribution < 1.29 is 4.79 Å². The van der Waals surface area contributed by atoms with Crippen LogP contribution in [-0.2, 0) is 19.5 Å². The Morgan fingerprint density at radius 3 is 2.57 bits per heavy atom. The van der Waals surface area contributed by atoms with Crippen molar-refractivity contribution in [1.29, 1.82) is 0 Å². The number of thiophene rings is 1. The summed E-state index contributed by atoms with van der Waals surface area (Å²) in [7, 11) is 4.05. The average Bonchev–Trinajstić information content (AvgIpc) is 3.12. The molecule has 0 radical (unpaired) electrons. The fourth-order valence-corrected chi connectivity index (χ4v) is 5.59. The van der Waals surface area contributed by atoms with Gasteiger partial charge in [-0.15, -0.1) is 11.3 Å². The molecule has 0 bridgehead atoms. The van der Waals surface area contributed by atoms with Gasteiger partial charge in [0.15, 0.2) is 0 Å². The lowest BCUT2D eigenvalue weighted by Gasteiger charge is -2.28. The van der Waals surface area contributed by atoms with Crippen molar-refractivity contribution in [3.63, 3.8) is 0 Å². The van der Waals surface area contributed by atoms with Crippen molar-refractivity contribution in [2.24, 2.45) is 0 Å². The first-order valence-corrected chi connectivity index (χ1v) is 11.2. The zero-order chi connectivity index (χ0) is 20.7. The maximum Gasteiger partial charge on any atom is 0.256 e. The molecule has 3 aromatic rings. The van der Waals surface area contributed by atoms with Gasteiger partial charge in [-0.1, -0.05) is 42.5 Å². The van der Waals surface area contributed by atoms with Crippen LogP contribution in [0.25, 0.3) is 0 Å². The molecule has 1 aromatic heterocycles.